The zero-order valence-corrected chi connectivity index (χ0v) is 16.0. The number of aromatic nitrogens is 1. The highest BCUT2D eigenvalue weighted by Gasteiger charge is 2.35. The number of nitrogens with one attached hydrogen (secondary N) is 1. The molecule has 0 radical (unpaired) electrons. The van der Waals surface area contributed by atoms with Gasteiger partial charge in [0.05, 0.1) is 10.7 Å². The summed E-state index contributed by atoms with van der Waals surface area (Å²) in [4.78, 5) is 17.6. The molecule has 1 amide bonds. The van der Waals surface area contributed by atoms with E-state index in [0.29, 0.717) is 16.2 Å². The Bertz CT molecular complexity index is 1070. The Hall–Kier alpha value is -2.05. The lowest BCUT2D eigenvalue weighted by Gasteiger charge is -2.36. The number of aryl methyl sites for hydroxylation is 1. The lowest BCUT2D eigenvalue weighted by molar-refractivity contribution is 0.0434. The Morgan fingerprint density at radius 2 is 2.29 bits per heavy atom. The number of hydrogen-bond donors (Lipinski definition) is 1. The molecule has 28 heavy (non-hydrogen) atoms. The van der Waals surface area contributed by atoms with Gasteiger partial charge in [-0.15, -0.1) is 0 Å². The van der Waals surface area contributed by atoms with Gasteiger partial charge in [-0.1, -0.05) is 24.6 Å². The lowest BCUT2D eigenvalue weighted by Crippen LogP contribution is -2.48. The van der Waals surface area contributed by atoms with Crippen molar-refractivity contribution in [3.05, 3.63) is 64.2 Å². The molecule has 1 aliphatic heterocycles. The van der Waals surface area contributed by atoms with E-state index in [4.69, 9.17) is 19.8 Å². The van der Waals surface area contributed by atoms with Crippen molar-refractivity contribution < 1.29 is 21.8 Å². The summed E-state index contributed by atoms with van der Waals surface area (Å²) in [7, 11) is 0. The van der Waals surface area contributed by atoms with E-state index >= 15 is 4.39 Å². The van der Waals surface area contributed by atoms with Gasteiger partial charge in [-0.3, -0.25) is 9.78 Å². The molecule has 0 saturated carbocycles. The SMILES string of the molecule is [2H]C([2H])(C)c1ccc(CNCC2(F)CCN(C(=O)c3ccc(F)c(Cl)c3)C([2H])([2H])C2([2H])[2H])nc1. The molecule has 2 aromatic rings. The van der Waals surface area contributed by atoms with Gasteiger partial charge >= 0.3 is 0 Å². The van der Waals surface area contributed by atoms with Crippen LogP contribution in [0.4, 0.5) is 8.78 Å². The minimum Gasteiger partial charge on any atom is -0.338 e. The third-order valence-electron chi connectivity index (χ3n) is 4.38. The summed E-state index contributed by atoms with van der Waals surface area (Å²) in [5, 5.41) is 2.41. The third-order valence-corrected chi connectivity index (χ3v) is 4.67. The maximum atomic E-state index is 15.8. The first-order valence-corrected chi connectivity index (χ1v) is 9.10. The smallest absolute Gasteiger partial charge is 0.253 e. The zero-order chi connectivity index (χ0) is 25.5. The normalized spacial score (nSPS) is 26.9. The van der Waals surface area contributed by atoms with E-state index in [-0.39, 0.29) is 17.1 Å². The largest absolute Gasteiger partial charge is 0.338 e. The number of hydrogen-bond acceptors (Lipinski definition) is 3. The number of carbonyl (C=O) groups is 1. The van der Waals surface area contributed by atoms with Crippen LogP contribution in [0.25, 0.3) is 0 Å². The van der Waals surface area contributed by atoms with Crippen LogP contribution in [-0.2, 0) is 12.9 Å². The fourth-order valence-electron chi connectivity index (χ4n) is 2.71. The predicted molar refractivity (Wildman–Crippen MR) is 106 cm³/mol. The topological polar surface area (TPSA) is 45.2 Å². The number of piperidine rings is 1. The van der Waals surface area contributed by atoms with Crippen LogP contribution in [0.3, 0.4) is 0 Å². The monoisotopic (exact) mass is 413 g/mol. The predicted octanol–water partition coefficient (Wildman–Crippen LogP) is 4.17. The van der Waals surface area contributed by atoms with Crippen LogP contribution in [0.15, 0.2) is 36.5 Å². The summed E-state index contributed by atoms with van der Waals surface area (Å²) in [6.45, 7) is -2.51. The van der Waals surface area contributed by atoms with Crippen molar-refractivity contribution >= 4 is 17.5 Å². The van der Waals surface area contributed by atoms with Crippen molar-refractivity contribution in [2.75, 3.05) is 19.6 Å². The van der Waals surface area contributed by atoms with Crippen molar-refractivity contribution in [3.8, 4) is 0 Å². The van der Waals surface area contributed by atoms with Crippen LogP contribution in [0.5, 0.6) is 0 Å². The highest BCUT2D eigenvalue weighted by molar-refractivity contribution is 6.31. The van der Waals surface area contributed by atoms with E-state index in [1.54, 1.807) is 12.1 Å². The molecule has 4 nitrogen and oxygen atoms in total. The second kappa shape index (κ2) is 8.97. The number of likely N-dealkylation sites (tertiary alicyclic amines) is 1. The molecule has 150 valence electrons. The molecular formula is C21H24ClF2N3O. The van der Waals surface area contributed by atoms with Gasteiger partial charge in [0, 0.05) is 58.9 Å². The number of halogens is 3. The minimum absolute atomic E-state index is 0.0501. The lowest BCUT2D eigenvalue weighted by atomic mass is 9.92. The molecule has 0 spiro atoms. The standard InChI is InChI=1S/C21H24ClF2N3O/c1-2-15-3-5-17(26-12-15)13-25-14-21(24)7-9-27(10-8-21)20(28)16-4-6-19(23)18(22)11-16/h3-6,11-12,25H,2,7-10,13-14H2,1H3/i2D2,7D2,9D2. The molecule has 1 aromatic carbocycles. The number of pyridine rings is 1. The van der Waals surface area contributed by atoms with E-state index in [1.165, 1.54) is 13.1 Å². The van der Waals surface area contributed by atoms with E-state index in [9.17, 15) is 9.18 Å². The molecular weight excluding hydrogens is 384 g/mol. The van der Waals surface area contributed by atoms with Crippen molar-refractivity contribution in [2.45, 2.75) is 38.3 Å². The Morgan fingerprint density at radius 3 is 2.96 bits per heavy atom. The Labute approximate surface area is 177 Å². The highest BCUT2D eigenvalue weighted by Crippen LogP contribution is 2.27. The molecule has 0 bridgehead atoms. The minimum atomic E-state index is -3.08. The summed E-state index contributed by atoms with van der Waals surface area (Å²) in [6, 6.07) is 6.20. The van der Waals surface area contributed by atoms with Crippen LogP contribution < -0.4 is 5.32 Å². The van der Waals surface area contributed by atoms with Crippen LogP contribution in [-0.4, -0.2) is 41.0 Å². The molecule has 1 fully saturated rings. The number of rotatable bonds is 6. The molecule has 2 heterocycles. The Morgan fingerprint density at radius 1 is 1.46 bits per heavy atom. The fraction of sp³-hybridized carbons (Fsp3) is 0.429. The van der Waals surface area contributed by atoms with Crippen molar-refractivity contribution in [3.63, 3.8) is 0 Å². The molecule has 1 N–H and O–H groups in total. The first-order chi connectivity index (χ1) is 15.6. The second-order valence-corrected chi connectivity index (χ2v) is 6.84. The Kier molecular flexibility index (Phi) is 4.49. The van der Waals surface area contributed by atoms with Gasteiger partial charge in [0.1, 0.15) is 11.5 Å². The molecule has 1 aliphatic rings. The average molecular weight is 414 g/mol. The quantitative estimate of drug-likeness (QED) is 0.773. The Balaban J connectivity index is 1.72. The molecule has 1 aromatic heterocycles. The van der Waals surface area contributed by atoms with Gasteiger partial charge < -0.3 is 10.2 Å². The number of nitrogens with zero attached hydrogens (tertiary/aromatic N) is 2. The van der Waals surface area contributed by atoms with Crippen LogP contribution in [0, 0.1) is 5.82 Å². The van der Waals surface area contributed by atoms with Gasteiger partial charge in [-0.2, -0.15) is 0 Å². The summed E-state index contributed by atoms with van der Waals surface area (Å²) in [5.74, 6) is -1.69. The van der Waals surface area contributed by atoms with E-state index in [2.05, 4.69) is 10.3 Å². The zero-order valence-electron chi connectivity index (χ0n) is 21.2. The molecule has 1 saturated heterocycles. The van der Waals surface area contributed by atoms with Gasteiger partial charge in [0.2, 0.25) is 0 Å². The molecule has 7 heteroatoms. The fourth-order valence-corrected chi connectivity index (χ4v) is 2.89. The third kappa shape index (κ3) is 5.06. The van der Waals surface area contributed by atoms with E-state index in [0.717, 1.165) is 18.2 Å². The number of benzene rings is 1. The first kappa shape index (κ1) is 14.0. The van der Waals surface area contributed by atoms with Gasteiger partial charge in [0.15, 0.2) is 0 Å². The maximum Gasteiger partial charge on any atom is 0.253 e. The number of carbonyl (C=O) groups excluding carboxylic acids is 1. The van der Waals surface area contributed by atoms with Crippen LogP contribution in [0.1, 0.15) is 49.6 Å². The summed E-state index contributed by atoms with van der Waals surface area (Å²) in [5.41, 5.74) is -1.93. The van der Waals surface area contributed by atoms with E-state index < -0.39 is 56.1 Å². The molecule has 3 rings (SSSR count). The molecule has 0 aliphatic carbocycles. The van der Waals surface area contributed by atoms with Gasteiger partial charge in [-0.25, -0.2) is 8.78 Å². The summed E-state index contributed by atoms with van der Waals surface area (Å²) in [6.07, 6.45) is -3.75. The molecule has 1 unspecified atom stereocenters. The van der Waals surface area contributed by atoms with Crippen molar-refractivity contribution in [2.24, 2.45) is 0 Å². The second-order valence-electron chi connectivity index (χ2n) is 6.43. The average Bonchev–Trinajstić information content (AvgIpc) is 2.74. The van der Waals surface area contributed by atoms with Gasteiger partial charge in [-0.05, 0) is 36.2 Å². The summed E-state index contributed by atoms with van der Waals surface area (Å²) >= 11 is 5.70. The number of amides is 1. The summed E-state index contributed by atoms with van der Waals surface area (Å²) < 4.78 is 77.6. The molecule has 1 atom stereocenters. The first-order valence-electron chi connectivity index (χ1n) is 11.7. The van der Waals surface area contributed by atoms with Gasteiger partial charge in [0.25, 0.3) is 5.91 Å². The van der Waals surface area contributed by atoms with E-state index in [1.807, 2.05) is 0 Å². The maximum absolute atomic E-state index is 15.8. The van der Waals surface area contributed by atoms with Crippen molar-refractivity contribution in [1.29, 1.82) is 0 Å². The van der Waals surface area contributed by atoms with Crippen LogP contribution >= 0.6 is 11.6 Å². The highest BCUT2D eigenvalue weighted by atomic mass is 35.5. The van der Waals surface area contributed by atoms with Crippen molar-refractivity contribution in [1.82, 2.24) is 15.2 Å². The number of alkyl halides is 1. The van der Waals surface area contributed by atoms with Crippen LogP contribution in [0.2, 0.25) is 5.02 Å².